The monoisotopic (exact) mass is 240 g/mol. The maximum absolute atomic E-state index is 13.0. The van der Waals surface area contributed by atoms with Crippen LogP contribution in [0.25, 0.3) is 0 Å². The van der Waals surface area contributed by atoms with Crippen LogP contribution < -0.4 is 5.46 Å². The van der Waals surface area contributed by atoms with Crippen molar-refractivity contribution in [3.05, 3.63) is 29.6 Å². The van der Waals surface area contributed by atoms with E-state index in [1.165, 1.54) is 12.1 Å². The van der Waals surface area contributed by atoms with Crippen LogP contribution in [0.2, 0.25) is 0 Å². The van der Waals surface area contributed by atoms with E-state index in [0.717, 1.165) is 6.07 Å². The smallest absolute Gasteiger partial charge is 0.423 e. The van der Waals surface area contributed by atoms with Gasteiger partial charge in [-0.2, -0.15) is 0 Å². The van der Waals surface area contributed by atoms with Crippen LogP contribution in [0.1, 0.15) is 26.3 Å². The highest BCUT2D eigenvalue weighted by molar-refractivity contribution is 6.59. The molecule has 0 saturated heterocycles. The Morgan fingerprint density at radius 3 is 2.47 bits per heavy atom. The first-order valence-electron chi connectivity index (χ1n) is 5.68. The van der Waals surface area contributed by atoms with Gasteiger partial charge < -0.3 is 14.8 Å². The summed E-state index contributed by atoms with van der Waals surface area (Å²) in [5.74, 6) is -0.119. The maximum Gasteiger partial charge on any atom is 0.488 e. The third kappa shape index (κ3) is 4.11. The van der Waals surface area contributed by atoms with Gasteiger partial charge in [0.2, 0.25) is 0 Å². The van der Waals surface area contributed by atoms with Gasteiger partial charge in [0, 0.05) is 0 Å². The molecule has 0 heterocycles. The van der Waals surface area contributed by atoms with E-state index in [4.69, 9.17) is 14.8 Å². The van der Waals surface area contributed by atoms with Crippen LogP contribution in [0.4, 0.5) is 4.39 Å². The molecule has 1 rings (SSSR count). The molecule has 0 aromatic heterocycles. The summed E-state index contributed by atoms with van der Waals surface area (Å²) < 4.78 is 18.5. The molecule has 0 saturated carbocycles. The lowest BCUT2D eigenvalue weighted by molar-refractivity contribution is 0.0238. The number of rotatable bonds is 5. The van der Waals surface area contributed by atoms with Crippen LogP contribution in [-0.2, 0) is 11.3 Å². The Morgan fingerprint density at radius 2 is 1.94 bits per heavy atom. The van der Waals surface area contributed by atoms with Crippen molar-refractivity contribution in [3.8, 4) is 0 Å². The highest BCUT2D eigenvalue weighted by Gasteiger charge is 2.18. The number of hydrogen-bond donors (Lipinski definition) is 2. The van der Waals surface area contributed by atoms with Gasteiger partial charge in [-0.3, -0.25) is 0 Å². The van der Waals surface area contributed by atoms with Gasteiger partial charge >= 0.3 is 7.12 Å². The van der Waals surface area contributed by atoms with Crippen molar-refractivity contribution < 1.29 is 19.2 Å². The van der Waals surface area contributed by atoms with Crippen molar-refractivity contribution in [3.63, 3.8) is 0 Å². The first-order valence-corrected chi connectivity index (χ1v) is 5.68. The van der Waals surface area contributed by atoms with E-state index < -0.39 is 12.9 Å². The highest BCUT2D eigenvalue weighted by Crippen LogP contribution is 2.09. The molecule has 0 bridgehead atoms. The molecule has 0 aliphatic rings. The van der Waals surface area contributed by atoms with Crippen LogP contribution in [0.3, 0.4) is 0 Å². The van der Waals surface area contributed by atoms with Gasteiger partial charge in [0.1, 0.15) is 5.82 Å². The minimum atomic E-state index is -1.68. The van der Waals surface area contributed by atoms with Gasteiger partial charge in [-0.15, -0.1) is 0 Å². The Balaban J connectivity index is 2.77. The summed E-state index contributed by atoms with van der Waals surface area (Å²) in [6, 6.07) is 3.91. The molecular weight excluding hydrogens is 222 g/mol. The molecule has 17 heavy (non-hydrogen) atoms. The molecule has 1 atom stereocenters. The zero-order chi connectivity index (χ0) is 13.0. The summed E-state index contributed by atoms with van der Waals surface area (Å²) in [5.41, 5.74) is 0.745. The number of hydrogen-bond acceptors (Lipinski definition) is 3. The Hall–Kier alpha value is -0.905. The SMILES string of the molecule is CC(C)C(C)OCc1ccc(F)cc1B(O)O. The third-order valence-electron chi connectivity index (χ3n) is 2.83. The molecule has 0 radical (unpaired) electrons. The topological polar surface area (TPSA) is 49.7 Å². The molecule has 94 valence electrons. The first kappa shape index (κ1) is 14.2. The van der Waals surface area contributed by atoms with Crippen LogP contribution >= 0.6 is 0 Å². The lowest BCUT2D eigenvalue weighted by Crippen LogP contribution is -2.34. The Labute approximate surface area is 101 Å². The molecule has 1 aromatic rings. The molecule has 1 unspecified atom stereocenters. The van der Waals surface area contributed by atoms with Gasteiger partial charge in [-0.05, 0) is 36.0 Å². The predicted octanol–water partition coefficient (Wildman–Crippen LogP) is 1.07. The summed E-state index contributed by atoms with van der Waals surface area (Å²) in [6.07, 6.45) is 0.0590. The molecule has 0 aliphatic carbocycles. The molecule has 0 spiro atoms. The molecule has 3 nitrogen and oxygen atoms in total. The minimum absolute atomic E-state index is 0.0590. The molecule has 2 N–H and O–H groups in total. The van der Waals surface area contributed by atoms with Crippen molar-refractivity contribution in [2.75, 3.05) is 0 Å². The van der Waals surface area contributed by atoms with Gasteiger partial charge in [0.25, 0.3) is 0 Å². The fourth-order valence-corrected chi connectivity index (χ4v) is 1.35. The van der Waals surface area contributed by atoms with E-state index in [-0.39, 0.29) is 18.2 Å². The standard InChI is InChI=1S/C12H18BFO3/c1-8(2)9(3)17-7-10-4-5-11(14)6-12(10)13(15)16/h4-6,8-9,15-16H,7H2,1-3H3. The third-order valence-corrected chi connectivity index (χ3v) is 2.83. The van der Waals surface area contributed by atoms with Crippen molar-refractivity contribution in [1.82, 2.24) is 0 Å². The minimum Gasteiger partial charge on any atom is -0.423 e. The lowest BCUT2D eigenvalue weighted by Gasteiger charge is -2.18. The first-order chi connectivity index (χ1) is 7.91. The van der Waals surface area contributed by atoms with E-state index in [0.29, 0.717) is 11.5 Å². The molecule has 1 aromatic carbocycles. The fraction of sp³-hybridized carbons (Fsp3) is 0.500. The van der Waals surface area contributed by atoms with E-state index >= 15 is 0 Å². The van der Waals surface area contributed by atoms with Crippen LogP contribution in [-0.4, -0.2) is 23.3 Å². The quantitative estimate of drug-likeness (QED) is 0.757. The lowest BCUT2D eigenvalue weighted by atomic mass is 9.77. The van der Waals surface area contributed by atoms with E-state index in [1.807, 2.05) is 20.8 Å². The largest absolute Gasteiger partial charge is 0.488 e. The Kier molecular flexibility index (Phi) is 5.12. The normalized spacial score (nSPS) is 12.9. The molecular formula is C12H18BFO3. The summed E-state index contributed by atoms with van der Waals surface area (Å²) in [5, 5.41) is 18.3. The predicted molar refractivity (Wildman–Crippen MR) is 65.3 cm³/mol. The molecule has 0 amide bonds. The molecule has 0 fully saturated rings. The number of ether oxygens (including phenoxy) is 1. The Bertz CT molecular complexity index is 369. The molecule has 0 aliphatic heterocycles. The summed E-state index contributed by atoms with van der Waals surface area (Å²) in [7, 11) is -1.68. The average Bonchev–Trinajstić information content (AvgIpc) is 2.26. The second kappa shape index (κ2) is 6.14. The van der Waals surface area contributed by atoms with Crippen molar-refractivity contribution >= 4 is 12.6 Å². The van der Waals surface area contributed by atoms with E-state index in [9.17, 15) is 4.39 Å². The zero-order valence-electron chi connectivity index (χ0n) is 10.4. The maximum atomic E-state index is 13.0. The van der Waals surface area contributed by atoms with Crippen LogP contribution in [0.5, 0.6) is 0 Å². The van der Waals surface area contributed by atoms with E-state index in [1.54, 1.807) is 0 Å². The summed E-state index contributed by atoms with van der Waals surface area (Å²) >= 11 is 0. The van der Waals surface area contributed by atoms with Crippen molar-refractivity contribution in [2.45, 2.75) is 33.5 Å². The van der Waals surface area contributed by atoms with Crippen LogP contribution in [0.15, 0.2) is 18.2 Å². The summed E-state index contributed by atoms with van der Waals surface area (Å²) in [6.45, 7) is 6.27. The Morgan fingerprint density at radius 1 is 1.29 bits per heavy atom. The number of benzene rings is 1. The van der Waals surface area contributed by atoms with Gasteiger partial charge in [-0.1, -0.05) is 19.9 Å². The van der Waals surface area contributed by atoms with Crippen molar-refractivity contribution in [2.24, 2.45) is 5.92 Å². The number of halogens is 1. The van der Waals surface area contributed by atoms with Crippen LogP contribution in [0, 0.1) is 11.7 Å². The van der Waals surface area contributed by atoms with Gasteiger partial charge in [-0.25, -0.2) is 4.39 Å². The van der Waals surface area contributed by atoms with Crippen molar-refractivity contribution in [1.29, 1.82) is 0 Å². The second-order valence-electron chi connectivity index (χ2n) is 4.48. The average molecular weight is 240 g/mol. The zero-order valence-corrected chi connectivity index (χ0v) is 10.4. The van der Waals surface area contributed by atoms with Gasteiger partial charge in [0.15, 0.2) is 0 Å². The van der Waals surface area contributed by atoms with Gasteiger partial charge in [0.05, 0.1) is 12.7 Å². The summed E-state index contributed by atoms with van der Waals surface area (Å²) in [4.78, 5) is 0. The highest BCUT2D eigenvalue weighted by atomic mass is 19.1. The second-order valence-corrected chi connectivity index (χ2v) is 4.48. The molecule has 5 heteroatoms. The fourth-order valence-electron chi connectivity index (χ4n) is 1.35. The van der Waals surface area contributed by atoms with E-state index in [2.05, 4.69) is 0 Å².